The van der Waals surface area contributed by atoms with Gasteiger partial charge in [0.25, 0.3) is 0 Å². The zero-order valence-corrected chi connectivity index (χ0v) is 6.80. The van der Waals surface area contributed by atoms with Crippen molar-refractivity contribution in [1.29, 1.82) is 0 Å². The van der Waals surface area contributed by atoms with Crippen LogP contribution in [0.1, 0.15) is 25.7 Å². The fraction of sp³-hybridized carbons (Fsp3) is 0.875. The van der Waals surface area contributed by atoms with E-state index in [1.165, 1.54) is 0 Å². The molecule has 1 fully saturated rings. The SMILES string of the molecule is O=CNC1CCC(C(F)F)CC1. The Bertz CT molecular complexity index is 144. The van der Waals surface area contributed by atoms with Crippen LogP contribution in [0.15, 0.2) is 0 Å². The Morgan fingerprint density at radius 2 is 1.83 bits per heavy atom. The Balaban J connectivity index is 2.24. The molecule has 12 heavy (non-hydrogen) atoms. The van der Waals surface area contributed by atoms with Crippen LogP contribution in [0.25, 0.3) is 0 Å². The molecule has 0 aliphatic heterocycles. The summed E-state index contributed by atoms with van der Waals surface area (Å²) in [7, 11) is 0. The van der Waals surface area contributed by atoms with Crippen molar-refractivity contribution in [2.45, 2.75) is 38.2 Å². The van der Waals surface area contributed by atoms with E-state index in [0.717, 1.165) is 0 Å². The van der Waals surface area contributed by atoms with Crippen LogP contribution in [0.4, 0.5) is 8.78 Å². The number of halogens is 2. The number of rotatable bonds is 3. The van der Waals surface area contributed by atoms with Gasteiger partial charge in [-0.2, -0.15) is 0 Å². The lowest BCUT2D eigenvalue weighted by Crippen LogP contribution is -2.33. The molecule has 70 valence electrons. The van der Waals surface area contributed by atoms with Crippen LogP contribution in [0.3, 0.4) is 0 Å². The van der Waals surface area contributed by atoms with Crippen molar-refractivity contribution in [3.8, 4) is 0 Å². The highest BCUT2D eigenvalue weighted by atomic mass is 19.3. The monoisotopic (exact) mass is 177 g/mol. The molecule has 0 bridgehead atoms. The van der Waals surface area contributed by atoms with E-state index in [9.17, 15) is 13.6 Å². The molecule has 0 saturated heterocycles. The normalized spacial score (nSPS) is 30.2. The lowest BCUT2D eigenvalue weighted by atomic mass is 9.86. The molecule has 1 saturated carbocycles. The molecule has 0 aromatic rings. The maximum absolute atomic E-state index is 12.1. The fourth-order valence-corrected chi connectivity index (χ4v) is 1.63. The third-order valence-electron chi connectivity index (χ3n) is 2.43. The first-order chi connectivity index (χ1) is 5.74. The van der Waals surface area contributed by atoms with E-state index in [1.807, 2.05) is 0 Å². The maximum Gasteiger partial charge on any atom is 0.241 e. The van der Waals surface area contributed by atoms with E-state index >= 15 is 0 Å². The van der Waals surface area contributed by atoms with Crippen LogP contribution >= 0.6 is 0 Å². The third kappa shape index (κ3) is 2.43. The van der Waals surface area contributed by atoms with Crippen molar-refractivity contribution in [2.75, 3.05) is 0 Å². The van der Waals surface area contributed by atoms with Crippen LogP contribution in [-0.2, 0) is 4.79 Å². The van der Waals surface area contributed by atoms with E-state index in [4.69, 9.17) is 0 Å². The first-order valence-corrected chi connectivity index (χ1v) is 4.22. The largest absolute Gasteiger partial charge is 0.356 e. The summed E-state index contributed by atoms with van der Waals surface area (Å²) >= 11 is 0. The molecule has 0 heterocycles. The quantitative estimate of drug-likeness (QED) is 0.651. The van der Waals surface area contributed by atoms with Gasteiger partial charge in [-0.15, -0.1) is 0 Å². The van der Waals surface area contributed by atoms with Gasteiger partial charge in [-0.25, -0.2) is 8.78 Å². The summed E-state index contributed by atoms with van der Waals surface area (Å²) in [6.07, 6.45) is 0.892. The standard InChI is InChI=1S/C8H13F2NO/c9-8(10)6-1-3-7(4-2-6)11-5-12/h5-8H,1-4H2,(H,11,12). The van der Waals surface area contributed by atoms with Crippen LogP contribution in [0, 0.1) is 5.92 Å². The summed E-state index contributed by atoms with van der Waals surface area (Å²) < 4.78 is 24.3. The van der Waals surface area contributed by atoms with Crippen molar-refractivity contribution < 1.29 is 13.6 Å². The zero-order chi connectivity index (χ0) is 8.97. The van der Waals surface area contributed by atoms with E-state index in [0.29, 0.717) is 32.1 Å². The Labute approximate surface area is 70.3 Å². The number of alkyl halides is 2. The summed E-state index contributed by atoms with van der Waals surface area (Å²) in [6.45, 7) is 0. The van der Waals surface area contributed by atoms with Crippen molar-refractivity contribution in [2.24, 2.45) is 5.92 Å². The fourth-order valence-electron chi connectivity index (χ4n) is 1.63. The minimum atomic E-state index is -2.19. The Hall–Kier alpha value is -0.670. The number of amides is 1. The summed E-state index contributed by atoms with van der Waals surface area (Å²) in [5.41, 5.74) is 0. The van der Waals surface area contributed by atoms with Gasteiger partial charge in [-0.05, 0) is 25.7 Å². The minimum absolute atomic E-state index is 0.123. The Morgan fingerprint density at radius 1 is 1.25 bits per heavy atom. The Kier molecular flexibility index (Phi) is 3.44. The summed E-state index contributed by atoms with van der Waals surface area (Å²) in [5.74, 6) is -0.449. The molecule has 1 N–H and O–H groups in total. The topological polar surface area (TPSA) is 29.1 Å². The molecular weight excluding hydrogens is 164 g/mol. The zero-order valence-electron chi connectivity index (χ0n) is 6.80. The molecule has 4 heteroatoms. The molecule has 2 nitrogen and oxygen atoms in total. The second-order valence-electron chi connectivity index (χ2n) is 3.23. The molecule has 1 aliphatic rings. The van der Waals surface area contributed by atoms with Gasteiger partial charge < -0.3 is 5.32 Å². The molecule has 0 spiro atoms. The number of hydrogen-bond donors (Lipinski definition) is 1. The highest BCUT2D eigenvalue weighted by Gasteiger charge is 2.26. The van der Waals surface area contributed by atoms with E-state index in [2.05, 4.69) is 5.32 Å². The minimum Gasteiger partial charge on any atom is -0.356 e. The first kappa shape index (κ1) is 9.42. The van der Waals surface area contributed by atoms with Gasteiger partial charge in [-0.1, -0.05) is 0 Å². The predicted octanol–water partition coefficient (Wildman–Crippen LogP) is 1.56. The van der Waals surface area contributed by atoms with Crippen LogP contribution in [-0.4, -0.2) is 18.9 Å². The summed E-state index contributed by atoms with van der Waals surface area (Å²) in [5, 5.41) is 2.62. The van der Waals surface area contributed by atoms with Crippen molar-refractivity contribution in [1.82, 2.24) is 5.32 Å². The van der Waals surface area contributed by atoms with Crippen molar-refractivity contribution in [3.63, 3.8) is 0 Å². The van der Waals surface area contributed by atoms with Crippen molar-refractivity contribution >= 4 is 6.41 Å². The molecular formula is C8H13F2NO. The smallest absolute Gasteiger partial charge is 0.241 e. The van der Waals surface area contributed by atoms with Gasteiger partial charge in [0.15, 0.2) is 0 Å². The second kappa shape index (κ2) is 4.38. The number of nitrogens with one attached hydrogen (secondary N) is 1. The number of carbonyl (C=O) groups excluding carboxylic acids is 1. The van der Waals surface area contributed by atoms with Gasteiger partial charge in [0.2, 0.25) is 12.8 Å². The maximum atomic E-state index is 12.1. The number of hydrogen-bond acceptors (Lipinski definition) is 1. The highest BCUT2D eigenvalue weighted by Crippen LogP contribution is 2.28. The molecule has 1 aliphatic carbocycles. The number of carbonyl (C=O) groups is 1. The Morgan fingerprint density at radius 3 is 2.25 bits per heavy atom. The van der Waals surface area contributed by atoms with Gasteiger partial charge >= 0.3 is 0 Å². The van der Waals surface area contributed by atoms with Gasteiger partial charge in [0.05, 0.1) is 0 Å². The average molecular weight is 177 g/mol. The van der Waals surface area contributed by atoms with Crippen LogP contribution < -0.4 is 5.32 Å². The van der Waals surface area contributed by atoms with Crippen LogP contribution in [0.5, 0.6) is 0 Å². The lowest BCUT2D eigenvalue weighted by molar-refractivity contribution is -0.110. The molecule has 1 amide bonds. The molecule has 0 atom stereocenters. The lowest BCUT2D eigenvalue weighted by Gasteiger charge is -2.27. The molecule has 1 rings (SSSR count). The van der Waals surface area contributed by atoms with E-state index < -0.39 is 12.3 Å². The first-order valence-electron chi connectivity index (χ1n) is 4.22. The van der Waals surface area contributed by atoms with Crippen molar-refractivity contribution in [3.05, 3.63) is 0 Å². The second-order valence-corrected chi connectivity index (χ2v) is 3.23. The summed E-state index contributed by atoms with van der Waals surface area (Å²) in [4.78, 5) is 10.0. The average Bonchev–Trinajstić information content (AvgIpc) is 2.06. The van der Waals surface area contributed by atoms with Gasteiger partial charge in [0, 0.05) is 12.0 Å². The predicted molar refractivity (Wildman–Crippen MR) is 40.9 cm³/mol. The van der Waals surface area contributed by atoms with Crippen LogP contribution in [0.2, 0.25) is 0 Å². The summed E-state index contributed by atoms with van der Waals surface area (Å²) in [6, 6.07) is 0.123. The third-order valence-corrected chi connectivity index (χ3v) is 2.43. The molecule has 0 radical (unpaired) electrons. The molecule has 0 aromatic carbocycles. The highest BCUT2D eigenvalue weighted by molar-refractivity contribution is 5.46. The van der Waals surface area contributed by atoms with E-state index in [1.54, 1.807) is 0 Å². The van der Waals surface area contributed by atoms with Gasteiger partial charge in [0.1, 0.15) is 0 Å². The molecule has 0 aromatic heterocycles. The molecule has 0 unspecified atom stereocenters. The van der Waals surface area contributed by atoms with E-state index in [-0.39, 0.29) is 6.04 Å². The van der Waals surface area contributed by atoms with Gasteiger partial charge in [-0.3, -0.25) is 4.79 Å².